The molecule has 0 saturated heterocycles. The second-order valence-corrected chi connectivity index (χ2v) is 5.19. The number of hydrogen-bond donors (Lipinski definition) is 1. The van der Waals surface area contributed by atoms with E-state index in [2.05, 4.69) is 19.2 Å². The van der Waals surface area contributed by atoms with Crippen molar-refractivity contribution in [1.29, 1.82) is 0 Å². The monoisotopic (exact) mass is 251 g/mol. The van der Waals surface area contributed by atoms with Crippen molar-refractivity contribution in [1.82, 2.24) is 0 Å². The minimum atomic E-state index is 0.118. The number of carbonyl (C=O) groups is 1. The fraction of sp³-hybridized carbons (Fsp3) is 0.500. The molecule has 0 aromatic heterocycles. The number of thioether (sulfide) groups is 1. The zero-order valence-electron chi connectivity index (χ0n) is 10.8. The van der Waals surface area contributed by atoms with Crippen molar-refractivity contribution in [3.05, 3.63) is 24.3 Å². The van der Waals surface area contributed by atoms with E-state index in [-0.39, 0.29) is 5.91 Å². The molecule has 1 aromatic carbocycles. The van der Waals surface area contributed by atoms with Gasteiger partial charge in [0.25, 0.3) is 0 Å². The first-order valence-electron chi connectivity index (χ1n) is 6.10. The minimum absolute atomic E-state index is 0.118. The Morgan fingerprint density at radius 2 is 2.12 bits per heavy atom. The molecule has 0 fully saturated rings. The van der Waals surface area contributed by atoms with Crippen molar-refractivity contribution in [2.45, 2.75) is 38.0 Å². The van der Waals surface area contributed by atoms with Crippen molar-refractivity contribution in [2.24, 2.45) is 5.92 Å². The molecule has 3 heteroatoms. The summed E-state index contributed by atoms with van der Waals surface area (Å²) in [4.78, 5) is 13.0. The highest BCUT2D eigenvalue weighted by molar-refractivity contribution is 7.98. The molecule has 0 aliphatic carbocycles. The van der Waals surface area contributed by atoms with Gasteiger partial charge in [-0.3, -0.25) is 4.79 Å². The predicted octanol–water partition coefficient (Wildman–Crippen LogP) is 4.17. The van der Waals surface area contributed by atoms with Gasteiger partial charge in [-0.1, -0.05) is 38.8 Å². The molecule has 17 heavy (non-hydrogen) atoms. The van der Waals surface area contributed by atoms with Gasteiger partial charge in [0.05, 0.1) is 5.69 Å². The number of nitrogens with one attached hydrogen (secondary N) is 1. The lowest BCUT2D eigenvalue weighted by molar-refractivity contribution is -0.117. The number of para-hydroxylation sites is 1. The van der Waals surface area contributed by atoms with Crippen LogP contribution in [-0.2, 0) is 4.79 Å². The van der Waals surface area contributed by atoms with Gasteiger partial charge in [-0.05, 0) is 24.3 Å². The number of amides is 1. The van der Waals surface area contributed by atoms with Gasteiger partial charge in [0.1, 0.15) is 0 Å². The molecule has 0 aliphatic rings. The normalized spacial score (nSPS) is 12.2. The molecular formula is C14H21NOS. The lowest BCUT2D eigenvalue weighted by atomic mass is 10.0. The van der Waals surface area contributed by atoms with Gasteiger partial charge in [-0.15, -0.1) is 11.8 Å². The highest BCUT2D eigenvalue weighted by Gasteiger charge is 2.10. The smallest absolute Gasteiger partial charge is 0.224 e. The Hall–Kier alpha value is -0.960. The lowest BCUT2D eigenvalue weighted by Gasteiger charge is -2.12. The van der Waals surface area contributed by atoms with E-state index < -0.39 is 0 Å². The molecule has 0 spiro atoms. The molecule has 1 rings (SSSR count). The fourth-order valence-electron chi connectivity index (χ4n) is 1.86. The van der Waals surface area contributed by atoms with Gasteiger partial charge in [0, 0.05) is 11.3 Å². The van der Waals surface area contributed by atoms with Crippen LogP contribution < -0.4 is 5.32 Å². The molecule has 0 saturated carbocycles. The molecule has 0 aliphatic heterocycles. The molecule has 0 bridgehead atoms. The number of anilines is 1. The van der Waals surface area contributed by atoms with E-state index in [1.807, 2.05) is 30.5 Å². The van der Waals surface area contributed by atoms with Crippen molar-refractivity contribution in [3.63, 3.8) is 0 Å². The Balaban J connectivity index is 2.55. The van der Waals surface area contributed by atoms with Gasteiger partial charge in [0.2, 0.25) is 5.91 Å². The summed E-state index contributed by atoms with van der Waals surface area (Å²) in [6.07, 6.45) is 4.87. The van der Waals surface area contributed by atoms with Crippen LogP contribution in [0.3, 0.4) is 0 Å². The Morgan fingerprint density at radius 3 is 2.76 bits per heavy atom. The van der Waals surface area contributed by atoms with Crippen molar-refractivity contribution in [3.8, 4) is 0 Å². The topological polar surface area (TPSA) is 29.1 Å². The van der Waals surface area contributed by atoms with E-state index in [0.717, 1.165) is 23.4 Å². The molecule has 94 valence electrons. The maximum Gasteiger partial charge on any atom is 0.224 e. The summed E-state index contributed by atoms with van der Waals surface area (Å²) in [5, 5.41) is 2.99. The van der Waals surface area contributed by atoms with Crippen LogP contribution in [0.15, 0.2) is 29.2 Å². The minimum Gasteiger partial charge on any atom is -0.325 e. The Bertz CT molecular complexity index is 365. The first-order chi connectivity index (χ1) is 8.17. The summed E-state index contributed by atoms with van der Waals surface area (Å²) < 4.78 is 0. The van der Waals surface area contributed by atoms with Crippen molar-refractivity contribution in [2.75, 3.05) is 11.6 Å². The molecule has 1 unspecified atom stereocenters. The number of carbonyl (C=O) groups excluding carboxylic acids is 1. The second kappa shape index (κ2) is 7.38. The molecule has 2 nitrogen and oxygen atoms in total. The molecule has 0 radical (unpaired) electrons. The highest BCUT2D eigenvalue weighted by Crippen LogP contribution is 2.25. The van der Waals surface area contributed by atoms with Crippen LogP contribution in [0, 0.1) is 5.92 Å². The fourth-order valence-corrected chi connectivity index (χ4v) is 2.41. The third kappa shape index (κ3) is 4.82. The van der Waals surface area contributed by atoms with E-state index in [4.69, 9.17) is 0 Å². The standard InChI is InChI=1S/C14H21NOS/c1-4-7-11(2)10-14(16)15-12-8-5-6-9-13(12)17-3/h5-6,8-9,11H,4,7,10H2,1-3H3,(H,15,16). The summed E-state index contributed by atoms with van der Waals surface area (Å²) >= 11 is 1.65. The maximum atomic E-state index is 11.8. The Labute approximate surface area is 108 Å². The molecule has 1 aromatic rings. The average Bonchev–Trinajstić information content (AvgIpc) is 2.29. The van der Waals surface area contributed by atoms with E-state index >= 15 is 0 Å². The largest absolute Gasteiger partial charge is 0.325 e. The van der Waals surface area contributed by atoms with Crippen LogP contribution in [0.4, 0.5) is 5.69 Å². The molecule has 0 heterocycles. The van der Waals surface area contributed by atoms with Gasteiger partial charge >= 0.3 is 0 Å². The van der Waals surface area contributed by atoms with Crippen LogP contribution in [0.5, 0.6) is 0 Å². The third-order valence-electron chi connectivity index (χ3n) is 2.70. The first-order valence-corrected chi connectivity index (χ1v) is 7.32. The van der Waals surface area contributed by atoms with E-state index in [0.29, 0.717) is 12.3 Å². The first kappa shape index (κ1) is 14.1. The molecule has 1 atom stereocenters. The number of benzene rings is 1. The van der Waals surface area contributed by atoms with E-state index in [1.165, 1.54) is 0 Å². The maximum absolute atomic E-state index is 11.8. The molecule has 1 amide bonds. The molecule has 1 N–H and O–H groups in total. The lowest BCUT2D eigenvalue weighted by Crippen LogP contribution is -2.15. The van der Waals surface area contributed by atoms with E-state index in [9.17, 15) is 4.79 Å². The van der Waals surface area contributed by atoms with Crippen LogP contribution in [0.2, 0.25) is 0 Å². The quantitative estimate of drug-likeness (QED) is 0.769. The van der Waals surface area contributed by atoms with E-state index in [1.54, 1.807) is 11.8 Å². The third-order valence-corrected chi connectivity index (χ3v) is 3.49. The SMILES string of the molecule is CCCC(C)CC(=O)Nc1ccccc1SC. The van der Waals surface area contributed by atoms with Crippen LogP contribution in [0.25, 0.3) is 0 Å². The van der Waals surface area contributed by atoms with Gasteiger partial charge in [-0.2, -0.15) is 0 Å². The molecular weight excluding hydrogens is 230 g/mol. The second-order valence-electron chi connectivity index (χ2n) is 4.35. The summed E-state index contributed by atoms with van der Waals surface area (Å²) in [5.74, 6) is 0.578. The Morgan fingerprint density at radius 1 is 1.41 bits per heavy atom. The van der Waals surface area contributed by atoms with Crippen LogP contribution >= 0.6 is 11.8 Å². The predicted molar refractivity (Wildman–Crippen MR) is 75.5 cm³/mol. The zero-order chi connectivity index (χ0) is 12.7. The van der Waals surface area contributed by atoms with Crippen LogP contribution in [-0.4, -0.2) is 12.2 Å². The van der Waals surface area contributed by atoms with Gasteiger partial charge in [0.15, 0.2) is 0 Å². The zero-order valence-corrected chi connectivity index (χ0v) is 11.6. The Kier molecular flexibility index (Phi) is 6.12. The van der Waals surface area contributed by atoms with Crippen molar-refractivity contribution >= 4 is 23.4 Å². The van der Waals surface area contributed by atoms with Gasteiger partial charge in [-0.25, -0.2) is 0 Å². The number of rotatable bonds is 6. The summed E-state index contributed by atoms with van der Waals surface area (Å²) in [7, 11) is 0. The summed E-state index contributed by atoms with van der Waals surface area (Å²) in [6.45, 7) is 4.28. The van der Waals surface area contributed by atoms with Crippen LogP contribution in [0.1, 0.15) is 33.1 Å². The average molecular weight is 251 g/mol. The van der Waals surface area contributed by atoms with Gasteiger partial charge < -0.3 is 5.32 Å². The summed E-state index contributed by atoms with van der Waals surface area (Å²) in [6, 6.07) is 7.91. The summed E-state index contributed by atoms with van der Waals surface area (Å²) in [5.41, 5.74) is 0.925. The number of hydrogen-bond acceptors (Lipinski definition) is 2. The van der Waals surface area contributed by atoms with Crippen molar-refractivity contribution < 1.29 is 4.79 Å². The highest BCUT2D eigenvalue weighted by atomic mass is 32.2.